The van der Waals surface area contributed by atoms with Gasteiger partial charge in [0.1, 0.15) is 0 Å². The summed E-state index contributed by atoms with van der Waals surface area (Å²) >= 11 is 12.1. The molecule has 0 fully saturated rings. The predicted octanol–water partition coefficient (Wildman–Crippen LogP) is 5.24. The van der Waals surface area contributed by atoms with E-state index in [0.717, 1.165) is 11.1 Å². The second-order valence-electron chi connectivity index (χ2n) is 6.18. The minimum absolute atomic E-state index is 0.0590. The van der Waals surface area contributed by atoms with Gasteiger partial charge in [-0.3, -0.25) is 4.79 Å². The summed E-state index contributed by atoms with van der Waals surface area (Å²) in [5.41, 5.74) is 1.71. The summed E-state index contributed by atoms with van der Waals surface area (Å²) in [6.45, 7) is 1.89. The molecule has 0 aliphatic rings. The number of carbonyl (C=O) groups excluding carboxylic acids is 1. The van der Waals surface area contributed by atoms with Gasteiger partial charge in [-0.15, -0.1) is 10.2 Å². The van der Waals surface area contributed by atoms with Crippen LogP contribution in [0.2, 0.25) is 10.0 Å². The highest BCUT2D eigenvalue weighted by Gasteiger charge is 2.14. The van der Waals surface area contributed by atoms with Crippen molar-refractivity contribution in [2.24, 2.45) is 0 Å². The first kappa shape index (κ1) is 19.4. The number of hydrogen-bond acceptors (Lipinski definition) is 4. The minimum Gasteiger partial charge on any atom is -0.421 e. The second-order valence-corrected chi connectivity index (χ2v) is 7.02. The first-order chi connectivity index (χ1) is 13.0. The Morgan fingerprint density at radius 3 is 2.67 bits per heavy atom. The molecule has 0 saturated heterocycles. The van der Waals surface area contributed by atoms with Gasteiger partial charge in [0.25, 0.3) is 0 Å². The van der Waals surface area contributed by atoms with Crippen molar-refractivity contribution in [2.45, 2.75) is 32.2 Å². The van der Waals surface area contributed by atoms with Gasteiger partial charge in [-0.05, 0) is 43.2 Å². The van der Waals surface area contributed by atoms with Crippen molar-refractivity contribution in [2.75, 3.05) is 0 Å². The van der Waals surface area contributed by atoms with Gasteiger partial charge < -0.3 is 9.73 Å². The third-order valence-electron chi connectivity index (χ3n) is 4.09. The molecule has 0 spiro atoms. The molecule has 0 radical (unpaired) electrons. The Kier molecular flexibility index (Phi) is 6.48. The third-order valence-corrected chi connectivity index (χ3v) is 4.65. The molecule has 1 unspecified atom stereocenters. The van der Waals surface area contributed by atoms with Crippen LogP contribution >= 0.6 is 23.2 Å². The maximum absolute atomic E-state index is 12.2. The Morgan fingerprint density at radius 1 is 1.15 bits per heavy atom. The lowest BCUT2D eigenvalue weighted by molar-refractivity contribution is -0.121. The van der Waals surface area contributed by atoms with Crippen LogP contribution in [0.5, 0.6) is 0 Å². The number of aromatic nitrogens is 2. The summed E-state index contributed by atoms with van der Waals surface area (Å²) in [6, 6.07) is 14.6. The number of amides is 1. The van der Waals surface area contributed by atoms with Crippen molar-refractivity contribution in [3.8, 4) is 11.5 Å². The van der Waals surface area contributed by atoms with Gasteiger partial charge in [-0.1, -0.05) is 47.5 Å². The van der Waals surface area contributed by atoms with E-state index < -0.39 is 0 Å². The Bertz CT molecular complexity index is 913. The molecule has 0 aliphatic carbocycles. The fourth-order valence-electron chi connectivity index (χ4n) is 2.70. The molecule has 0 aliphatic heterocycles. The summed E-state index contributed by atoms with van der Waals surface area (Å²) in [5.74, 6) is 0.952. The van der Waals surface area contributed by atoms with Crippen molar-refractivity contribution in [1.82, 2.24) is 15.5 Å². The maximum Gasteiger partial charge on any atom is 0.247 e. The van der Waals surface area contributed by atoms with Crippen LogP contribution in [0.3, 0.4) is 0 Å². The van der Waals surface area contributed by atoms with Crippen LogP contribution in [-0.4, -0.2) is 16.1 Å². The predicted molar refractivity (Wildman–Crippen MR) is 106 cm³/mol. The zero-order chi connectivity index (χ0) is 19.2. The first-order valence-electron chi connectivity index (χ1n) is 8.65. The zero-order valence-corrected chi connectivity index (χ0v) is 16.3. The van der Waals surface area contributed by atoms with E-state index in [-0.39, 0.29) is 11.9 Å². The highest BCUT2D eigenvalue weighted by atomic mass is 35.5. The van der Waals surface area contributed by atoms with E-state index in [9.17, 15) is 4.79 Å². The van der Waals surface area contributed by atoms with Gasteiger partial charge in [-0.25, -0.2) is 0 Å². The number of nitrogens with one attached hydrogen (secondary N) is 1. The molecule has 2 aromatic carbocycles. The molecule has 1 aromatic heterocycles. The van der Waals surface area contributed by atoms with E-state index in [1.54, 1.807) is 12.1 Å². The Morgan fingerprint density at radius 2 is 1.93 bits per heavy atom. The summed E-state index contributed by atoms with van der Waals surface area (Å²) in [6.07, 6.45) is 1.52. The molecular formula is C20H19Cl2N3O2. The quantitative estimate of drug-likeness (QED) is 0.585. The molecule has 27 heavy (non-hydrogen) atoms. The van der Waals surface area contributed by atoms with E-state index >= 15 is 0 Å². The fraction of sp³-hybridized carbons (Fsp3) is 0.250. The summed E-state index contributed by atoms with van der Waals surface area (Å²) < 4.78 is 5.64. The average Bonchev–Trinajstić information content (AvgIpc) is 3.11. The lowest BCUT2D eigenvalue weighted by atomic mass is 10.1. The molecule has 0 saturated carbocycles. The van der Waals surface area contributed by atoms with Crippen LogP contribution in [-0.2, 0) is 11.2 Å². The lowest BCUT2D eigenvalue weighted by Crippen LogP contribution is -2.26. The van der Waals surface area contributed by atoms with Gasteiger partial charge in [-0.2, -0.15) is 0 Å². The molecule has 7 heteroatoms. The van der Waals surface area contributed by atoms with Crippen molar-refractivity contribution in [1.29, 1.82) is 0 Å². The number of halogens is 2. The van der Waals surface area contributed by atoms with Crippen molar-refractivity contribution in [3.05, 3.63) is 70.0 Å². The molecular weight excluding hydrogens is 385 g/mol. The van der Waals surface area contributed by atoms with E-state index in [4.69, 9.17) is 27.6 Å². The average molecular weight is 404 g/mol. The van der Waals surface area contributed by atoms with Crippen LogP contribution in [0.1, 0.15) is 37.3 Å². The van der Waals surface area contributed by atoms with E-state index in [1.807, 2.05) is 43.3 Å². The van der Waals surface area contributed by atoms with Gasteiger partial charge in [0.2, 0.25) is 17.7 Å². The Balaban J connectivity index is 1.48. The van der Waals surface area contributed by atoms with Crippen LogP contribution in [0.25, 0.3) is 11.5 Å². The van der Waals surface area contributed by atoms with Crippen LogP contribution in [0.15, 0.2) is 52.9 Å². The van der Waals surface area contributed by atoms with Gasteiger partial charge in [0.15, 0.2) is 0 Å². The Hall–Kier alpha value is -2.37. The lowest BCUT2D eigenvalue weighted by Gasteiger charge is -2.15. The molecule has 1 atom stereocenters. The monoisotopic (exact) mass is 403 g/mol. The highest BCUT2D eigenvalue weighted by molar-refractivity contribution is 6.35. The standard InChI is InChI=1S/C20H19Cl2N3O2/c1-13(16-11-10-15(21)12-17(16)22)23-18(26)8-5-9-19-24-25-20(27-19)14-6-3-2-4-7-14/h2-4,6-7,10-13H,5,8-9H2,1H3,(H,23,26). The molecule has 140 valence electrons. The van der Waals surface area contributed by atoms with Gasteiger partial charge in [0.05, 0.1) is 6.04 Å². The number of hydrogen-bond donors (Lipinski definition) is 1. The summed E-state index contributed by atoms with van der Waals surface area (Å²) in [4.78, 5) is 12.2. The number of benzene rings is 2. The molecule has 1 amide bonds. The van der Waals surface area contributed by atoms with Crippen LogP contribution < -0.4 is 5.32 Å². The molecule has 0 bridgehead atoms. The zero-order valence-electron chi connectivity index (χ0n) is 14.8. The normalized spacial score (nSPS) is 12.0. The van der Waals surface area contributed by atoms with Crippen molar-refractivity contribution in [3.63, 3.8) is 0 Å². The number of aryl methyl sites for hydroxylation is 1. The van der Waals surface area contributed by atoms with Gasteiger partial charge in [0, 0.05) is 28.5 Å². The number of rotatable bonds is 7. The summed E-state index contributed by atoms with van der Waals surface area (Å²) in [7, 11) is 0. The first-order valence-corrected chi connectivity index (χ1v) is 9.40. The van der Waals surface area contributed by atoms with Crippen molar-refractivity contribution >= 4 is 29.1 Å². The smallest absolute Gasteiger partial charge is 0.247 e. The highest BCUT2D eigenvalue weighted by Crippen LogP contribution is 2.26. The van der Waals surface area contributed by atoms with E-state index in [2.05, 4.69) is 15.5 Å². The minimum atomic E-state index is -0.199. The van der Waals surface area contributed by atoms with Crippen LogP contribution in [0.4, 0.5) is 0 Å². The third kappa shape index (κ3) is 5.31. The maximum atomic E-state index is 12.2. The topological polar surface area (TPSA) is 68.0 Å². The van der Waals surface area contributed by atoms with Crippen LogP contribution in [0, 0.1) is 0 Å². The number of nitrogens with zero attached hydrogens (tertiary/aromatic N) is 2. The SMILES string of the molecule is CC(NC(=O)CCCc1nnc(-c2ccccc2)o1)c1ccc(Cl)cc1Cl. The largest absolute Gasteiger partial charge is 0.421 e. The molecule has 3 aromatic rings. The van der Waals surface area contributed by atoms with E-state index in [1.165, 1.54) is 0 Å². The van der Waals surface area contributed by atoms with Gasteiger partial charge >= 0.3 is 0 Å². The second kappa shape index (κ2) is 9.02. The van der Waals surface area contributed by atoms with Crippen molar-refractivity contribution < 1.29 is 9.21 Å². The summed E-state index contributed by atoms with van der Waals surface area (Å²) in [5, 5.41) is 12.1. The fourth-order valence-corrected chi connectivity index (χ4v) is 3.27. The van der Waals surface area contributed by atoms with E-state index in [0.29, 0.717) is 41.1 Å². The number of carbonyl (C=O) groups is 1. The molecule has 1 N–H and O–H groups in total. The molecule has 5 nitrogen and oxygen atoms in total. The molecule has 3 rings (SSSR count). The Labute approximate surface area is 167 Å². The molecule has 1 heterocycles.